The first-order valence-electron chi connectivity index (χ1n) is 5.07. The zero-order valence-electron chi connectivity index (χ0n) is 9.36. The highest BCUT2D eigenvalue weighted by Gasteiger charge is 2.06. The summed E-state index contributed by atoms with van der Waals surface area (Å²) < 4.78 is 0. The molecule has 0 aliphatic rings. The molecule has 1 aromatic rings. The average Bonchev–Trinajstić information content (AvgIpc) is 2.27. The number of nitrogens with zero attached hydrogens (tertiary/aromatic N) is 1. The number of rotatable bonds is 6. The van der Waals surface area contributed by atoms with Crippen LogP contribution in [0.5, 0.6) is 0 Å². The van der Waals surface area contributed by atoms with E-state index in [1.165, 1.54) is 0 Å². The van der Waals surface area contributed by atoms with Crippen LogP contribution in [0.4, 0.5) is 0 Å². The maximum atomic E-state index is 11.7. The summed E-state index contributed by atoms with van der Waals surface area (Å²) in [6.45, 7) is 1.59. The summed E-state index contributed by atoms with van der Waals surface area (Å²) in [5.41, 5.74) is 0.789. The van der Waals surface area contributed by atoms with Crippen molar-refractivity contribution < 1.29 is 4.79 Å². The van der Waals surface area contributed by atoms with Crippen LogP contribution in [0.15, 0.2) is 30.3 Å². The maximum absolute atomic E-state index is 11.7. The lowest BCUT2D eigenvalue weighted by Gasteiger charge is -2.13. The molecule has 2 nitrogen and oxygen atoms in total. The minimum absolute atomic E-state index is 0. The van der Waals surface area contributed by atoms with Crippen LogP contribution in [0.1, 0.15) is 16.8 Å². The summed E-state index contributed by atoms with van der Waals surface area (Å²) >= 11 is 5.60. The Balaban J connectivity index is 0.00000225. The summed E-state index contributed by atoms with van der Waals surface area (Å²) in [5.74, 6) is 0.799. The predicted octanol–water partition coefficient (Wildman–Crippen LogP) is 2.85. The van der Waals surface area contributed by atoms with Crippen LogP contribution in [0.25, 0.3) is 0 Å². The highest BCUT2D eigenvalue weighted by atomic mass is 35.5. The van der Waals surface area contributed by atoms with E-state index >= 15 is 0 Å². The lowest BCUT2D eigenvalue weighted by molar-refractivity contribution is 0.0970. The van der Waals surface area contributed by atoms with Crippen molar-refractivity contribution in [1.29, 1.82) is 0 Å². The monoisotopic (exact) mass is 261 g/mol. The Hall–Kier alpha value is -0.570. The van der Waals surface area contributed by atoms with Gasteiger partial charge in [0.25, 0.3) is 0 Å². The second-order valence-electron chi connectivity index (χ2n) is 3.53. The molecule has 0 amide bonds. The molecular formula is C12H17Cl2NO. The summed E-state index contributed by atoms with van der Waals surface area (Å²) in [7, 11) is 1.97. The van der Waals surface area contributed by atoms with Crippen molar-refractivity contribution in [1.82, 2.24) is 4.90 Å². The minimum Gasteiger partial charge on any atom is -0.305 e. The Bertz CT molecular complexity index is 303. The van der Waals surface area contributed by atoms with Gasteiger partial charge in [-0.2, -0.15) is 0 Å². The van der Waals surface area contributed by atoms with Gasteiger partial charge in [0.1, 0.15) is 0 Å². The molecule has 0 radical (unpaired) electrons. The van der Waals surface area contributed by atoms with Gasteiger partial charge in [0, 0.05) is 31.0 Å². The van der Waals surface area contributed by atoms with Crippen molar-refractivity contribution in [3.8, 4) is 0 Å². The van der Waals surface area contributed by atoms with Gasteiger partial charge in [-0.05, 0) is 7.05 Å². The van der Waals surface area contributed by atoms with Gasteiger partial charge >= 0.3 is 0 Å². The molecule has 1 aromatic carbocycles. The number of carbonyl (C=O) groups excluding carboxylic acids is 1. The molecule has 90 valence electrons. The highest BCUT2D eigenvalue weighted by molar-refractivity contribution is 6.18. The molecule has 0 fully saturated rings. The molecule has 0 heterocycles. The Morgan fingerprint density at radius 2 is 1.88 bits per heavy atom. The van der Waals surface area contributed by atoms with E-state index in [2.05, 4.69) is 4.90 Å². The molecule has 0 bridgehead atoms. The lowest BCUT2D eigenvalue weighted by atomic mass is 10.1. The van der Waals surface area contributed by atoms with Gasteiger partial charge in [-0.25, -0.2) is 0 Å². The largest absolute Gasteiger partial charge is 0.305 e. The third-order valence-corrected chi connectivity index (χ3v) is 2.45. The number of benzene rings is 1. The fourth-order valence-electron chi connectivity index (χ4n) is 1.32. The zero-order valence-corrected chi connectivity index (χ0v) is 10.9. The minimum atomic E-state index is 0. The third kappa shape index (κ3) is 5.50. The van der Waals surface area contributed by atoms with Crippen molar-refractivity contribution in [3.63, 3.8) is 0 Å². The first-order valence-corrected chi connectivity index (χ1v) is 5.60. The van der Waals surface area contributed by atoms with Crippen molar-refractivity contribution >= 4 is 29.8 Å². The van der Waals surface area contributed by atoms with E-state index in [-0.39, 0.29) is 18.2 Å². The molecule has 0 aliphatic heterocycles. The molecule has 1 rings (SSSR count). The fourth-order valence-corrected chi connectivity index (χ4v) is 1.61. The SMILES string of the molecule is CN(CCCl)CCC(=O)c1ccccc1.Cl. The standard InChI is InChI=1S/C12H16ClNO.ClH/c1-14(10-8-13)9-7-12(15)11-5-3-2-4-6-11;/h2-6H,7-10H2,1H3;1H. The number of halogens is 2. The van der Waals surface area contributed by atoms with Crippen LogP contribution < -0.4 is 0 Å². The van der Waals surface area contributed by atoms with Crippen LogP contribution in [0.3, 0.4) is 0 Å². The second kappa shape index (κ2) is 8.57. The van der Waals surface area contributed by atoms with Crippen LogP contribution in [0, 0.1) is 0 Å². The molecule has 0 saturated carbocycles. The second-order valence-corrected chi connectivity index (χ2v) is 3.91. The van der Waals surface area contributed by atoms with Gasteiger partial charge in [0.05, 0.1) is 0 Å². The van der Waals surface area contributed by atoms with Crippen molar-refractivity contribution in [2.75, 3.05) is 26.0 Å². The molecule has 0 aromatic heterocycles. The Morgan fingerprint density at radius 1 is 1.25 bits per heavy atom. The number of carbonyl (C=O) groups is 1. The maximum Gasteiger partial charge on any atom is 0.164 e. The van der Waals surface area contributed by atoms with Gasteiger partial charge < -0.3 is 4.90 Å². The van der Waals surface area contributed by atoms with Gasteiger partial charge in [-0.3, -0.25) is 4.79 Å². The number of hydrogen-bond donors (Lipinski definition) is 0. The van der Waals surface area contributed by atoms with E-state index in [9.17, 15) is 4.79 Å². The topological polar surface area (TPSA) is 20.3 Å². The fraction of sp³-hybridized carbons (Fsp3) is 0.417. The summed E-state index contributed by atoms with van der Waals surface area (Å²) in [4.78, 5) is 13.8. The zero-order chi connectivity index (χ0) is 11.1. The van der Waals surface area contributed by atoms with Crippen molar-refractivity contribution in [3.05, 3.63) is 35.9 Å². The van der Waals surface area contributed by atoms with Crippen LogP contribution >= 0.6 is 24.0 Å². The van der Waals surface area contributed by atoms with E-state index in [1.54, 1.807) is 0 Å². The average molecular weight is 262 g/mol. The van der Waals surface area contributed by atoms with Crippen LogP contribution in [-0.4, -0.2) is 36.7 Å². The lowest BCUT2D eigenvalue weighted by Crippen LogP contribution is -2.23. The van der Waals surface area contributed by atoms with E-state index in [0.29, 0.717) is 12.3 Å². The van der Waals surface area contributed by atoms with Crippen LogP contribution in [0.2, 0.25) is 0 Å². The third-order valence-electron chi connectivity index (χ3n) is 2.28. The van der Waals surface area contributed by atoms with Crippen LogP contribution in [-0.2, 0) is 0 Å². The molecule has 0 unspecified atom stereocenters. The number of alkyl halides is 1. The summed E-state index contributed by atoms with van der Waals surface area (Å²) in [6.07, 6.45) is 0.553. The van der Waals surface area contributed by atoms with E-state index in [4.69, 9.17) is 11.6 Å². The molecule has 0 aliphatic carbocycles. The smallest absolute Gasteiger partial charge is 0.164 e. The normalized spacial score (nSPS) is 9.94. The Morgan fingerprint density at radius 3 is 2.44 bits per heavy atom. The molecule has 0 saturated heterocycles. The quantitative estimate of drug-likeness (QED) is 0.580. The highest BCUT2D eigenvalue weighted by Crippen LogP contribution is 2.03. The van der Waals surface area contributed by atoms with E-state index in [1.807, 2.05) is 37.4 Å². The first kappa shape index (κ1) is 15.4. The number of ketones is 1. The predicted molar refractivity (Wildman–Crippen MR) is 70.9 cm³/mol. The van der Waals surface area contributed by atoms with Crippen molar-refractivity contribution in [2.24, 2.45) is 0 Å². The van der Waals surface area contributed by atoms with E-state index in [0.717, 1.165) is 18.7 Å². The van der Waals surface area contributed by atoms with Gasteiger partial charge in [-0.1, -0.05) is 30.3 Å². The van der Waals surface area contributed by atoms with Gasteiger partial charge in [0.15, 0.2) is 5.78 Å². The first-order chi connectivity index (χ1) is 7.24. The Kier molecular flexibility index (Phi) is 8.26. The van der Waals surface area contributed by atoms with Gasteiger partial charge in [-0.15, -0.1) is 24.0 Å². The molecule has 0 atom stereocenters. The molecule has 16 heavy (non-hydrogen) atoms. The summed E-state index contributed by atoms with van der Waals surface area (Å²) in [6, 6.07) is 9.38. The van der Waals surface area contributed by atoms with Gasteiger partial charge in [0.2, 0.25) is 0 Å². The summed E-state index contributed by atoms with van der Waals surface area (Å²) in [5, 5.41) is 0. The molecular weight excluding hydrogens is 245 g/mol. The Labute approximate surface area is 108 Å². The van der Waals surface area contributed by atoms with Crippen molar-refractivity contribution in [2.45, 2.75) is 6.42 Å². The van der Waals surface area contributed by atoms with E-state index < -0.39 is 0 Å². The molecule has 0 N–H and O–H groups in total. The molecule has 0 spiro atoms. The number of hydrogen-bond acceptors (Lipinski definition) is 2. The number of Topliss-reactive ketones (excluding diaryl/α,β-unsaturated/α-hetero) is 1. The molecule has 4 heteroatoms.